The van der Waals surface area contributed by atoms with Crippen molar-refractivity contribution in [2.24, 2.45) is 5.92 Å². The third kappa shape index (κ3) is 2.31. The summed E-state index contributed by atoms with van der Waals surface area (Å²) >= 11 is 0. The lowest BCUT2D eigenvalue weighted by Gasteiger charge is -1.94. The first kappa shape index (κ1) is 6.60. The van der Waals surface area contributed by atoms with Gasteiger partial charge in [-0.05, 0) is 6.42 Å². The Balaban J connectivity index is 3.34. The van der Waals surface area contributed by atoms with E-state index in [2.05, 4.69) is 0 Å². The number of halogens is 1. The van der Waals surface area contributed by atoms with Gasteiger partial charge < -0.3 is 0 Å². The molecule has 0 radical (unpaired) electrons. The highest BCUT2D eigenvalue weighted by Gasteiger charge is 2.06. The second-order valence-corrected chi connectivity index (χ2v) is 1.61. The van der Waals surface area contributed by atoms with Gasteiger partial charge in [-0.1, -0.05) is 13.8 Å². The molecule has 1 unspecified atom stereocenters. The third-order valence-electron chi connectivity index (χ3n) is 1.000. The zero-order valence-electron chi connectivity index (χ0n) is 4.57. The summed E-state index contributed by atoms with van der Waals surface area (Å²) in [5.41, 5.74) is 0. The van der Waals surface area contributed by atoms with Gasteiger partial charge >= 0.3 is 6.04 Å². The summed E-state index contributed by atoms with van der Waals surface area (Å²) in [4.78, 5) is 9.71. The van der Waals surface area contributed by atoms with E-state index in [1.54, 1.807) is 13.8 Å². The van der Waals surface area contributed by atoms with Crippen molar-refractivity contribution in [2.75, 3.05) is 0 Å². The molecular weight excluding hydrogens is 95.1 g/mol. The fourth-order valence-electron chi connectivity index (χ4n) is 0.160. The zero-order valence-corrected chi connectivity index (χ0v) is 4.57. The van der Waals surface area contributed by atoms with Crippen molar-refractivity contribution in [1.29, 1.82) is 0 Å². The molecule has 0 heterocycles. The first-order chi connectivity index (χ1) is 3.18. The van der Waals surface area contributed by atoms with E-state index < -0.39 is 12.0 Å². The van der Waals surface area contributed by atoms with Crippen LogP contribution >= 0.6 is 0 Å². The Bertz CT molecular complexity index is 70.5. The average Bonchev–Trinajstić information content (AvgIpc) is 1.65. The quantitative estimate of drug-likeness (QED) is 0.485. The highest BCUT2D eigenvalue weighted by atomic mass is 19.1. The molecule has 0 fully saturated rings. The molecule has 0 aliphatic heterocycles. The van der Waals surface area contributed by atoms with E-state index in [1.165, 1.54) is 0 Å². The number of rotatable bonds is 2. The summed E-state index contributed by atoms with van der Waals surface area (Å²) in [6.45, 7) is 3.35. The van der Waals surface area contributed by atoms with E-state index in [1.807, 2.05) is 0 Å². The number of carbonyl (C=O) groups is 1. The standard InChI is InChI=1S/C5H9FO/c1-3-4(2)5(6)7/h4H,3H2,1-2H3. The molecule has 0 aliphatic carbocycles. The van der Waals surface area contributed by atoms with Gasteiger partial charge in [0.2, 0.25) is 0 Å². The molecule has 1 nitrogen and oxygen atoms in total. The van der Waals surface area contributed by atoms with E-state index in [4.69, 9.17) is 0 Å². The van der Waals surface area contributed by atoms with E-state index >= 15 is 0 Å². The van der Waals surface area contributed by atoms with Gasteiger partial charge in [0, 0.05) is 5.92 Å². The molecule has 42 valence electrons. The smallest absolute Gasteiger partial charge is 0.261 e. The van der Waals surface area contributed by atoms with Crippen molar-refractivity contribution < 1.29 is 9.18 Å². The lowest BCUT2D eigenvalue weighted by Crippen LogP contribution is -2.01. The van der Waals surface area contributed by atoms with Gasteiger partial charge in [-0.15, -0.1) is 0 Å². The van der Waals surface area contributed by atoms with E-state index in [-0.39, 0.29) is 0 Å². The number of carbonyl (C=O) groups excluding carboxylic acids is 1. The highest BCUT2D eigenvalue weighted by molar-refractivity contribution is 5.70. The van der Waals surface area contributed by atoms with Crippen LogP contribution in [0.2, 0.25) is 0 Å². The molecule has 7 heavy (non-hydrogen) atoms. The molecule has 0 aromatic rings. The molecule has 2 heteroatoms. The van der Waals surface area contributed by atoms with Crippen LogP contribution in [0.15, 0.2) is 0 Å². The molecule has 0 aromatic carbocycles. The minimum atomic E-state index is -1.21. The predicted octanol–water partition coefficient (Wildman–Crippen LogP) is 1.53. The van der Waals surface area contributed by atoms with Gasteiger partial charge in [0.15, 0.2) is 0 Å². The lowest BCUT2D eigenvalue weighted by atomic mass is 10.1. The van der Waals surface area contributed by atoms with Gasteiger partial charge in [0.25, 0.3) is 0 Å². The van der Waals surface area contributed by atoms with Gasteiger partial charge in [-0.2, -0.15) is 4.39 Å². The van der Waals surface area contributed by atoms with Crippen LogP contribution in [-0.4, -0.2) is 6.04 Å². The fourth-order valence-corrected chi connectivity index (χ4v) is 0.160. The van der Waals surface area contributed by atoms with Crippen LogP contribution in [0, 0.1) is 5.92 Å². The van der Waals surface area contributed by atoms with Crippen LogP contribution < -0.4 is 0 Å². The fraction of sp³-hybridized carbons (Fsp3) is 0.800. The van der Waals surface area contributed by atoms with E-state index in [0.29, 0.717) is 6.42 Å². The van der Waals surface area contributed by atoms with E-state index in [9.17, 15) is 9.18 Å². The second-order valence-electron chi connectivity index (χ2n) is 1.61. The van der Waals surface area contributed by atoms with Gasteiger partial charge in [0.05, 0.1) is 0 Å². The van der Waals surface area contributed by atoms with Crippen molar-refractivity contribution in [1.82, 2.24) is 0 Å². The Morgan fingerprint density at radius 2 is 2.29 bits per heavy atom. The molecule has 0 N–H and O–H groups in total. The van der Waals surface area contributed by atoms with E-state index in [0.717, 1.165) is 0 Å². The Morgan fingerprint density at radius 3 is 2.29 bits per heavy atom. The molecule has 0 aromatic heterocycles. The van der Waals surface area contributed by atoms with Gasteiger partial charge in [-0.25, -0.2) is 0 Å². The third-order valence-corrected chi connectivity index (χ3v) is 1.000. The molecular formula is C5H9FO. The summed E-state index contributed by atoms with van der Waals surface area (Å²) in [7, 11) is 0. The summed E-state index contributed by atoms with van der Waals surface area (Å²) in [5.74, 6) is -0.403. The molecule has 0 amide bonds. The Morgan fingerprint density at radius 1 is 1.86 bits per heavy atom. The monoisotopic (exact) mass is 104 g/mol. The second kappa shape index (κ2) is 2.72. The van der Waals surface area contributed by atoms with Crippen LogP contribution in [0.25, 0.3) is 0 Å². The first-order valence-corrected chi connectivity index (χ1v) is 2.37. The van der Waals surface area contributed by atoms with Crippen LogP contribution in [-0.2, 0) is 4.79 Å². The normalized spacial score (nSPS) is 13.6. The van der Waals surface area contributed by atoms with Crippen LogP contribution in [0.3, 0.4) is 0 Å². The molecule has 0 saturated carbocycles. The SMILES string of the molecule is CCC(C)C(=O)F. The maximum atomic E-state index is 11.5. The van der Waals surface area contributed by atoms with Crippen molar-refractivity contribution in [2.45, 2.75) is 20.3 Å². The van der Waals surface area contributed by atoms with Crippen LogP contribution in [0.4, 0.5) is 4.39 Å². The topological polar surface area (TPSA) is 17.1 Å². The predicted molar refractivity (Wildman–Crippen MR) is 25.6 cm³/mol. The number of hydrogen-bond acceptors (Lipinski definition) is 1. The van der Waals surface area contributed by atoms with Crippen LogP contribution in [0.1, 0.15) is 20.3 Å². The number of hydrogen-bond donors (Lipinski definition) is 0. The Hall–Kier alpha value is -0.400. The van der Waals surface area contributed by atoms with Gasteiger partial charge in [-0.3, -0.25) is 4.79 Å². The highest BCUT2D eigenvalue weighted by Crippen LogP contribution is 2.01. The Kier molecular flexibility index (Phi) is 2.56. The Labute approximate surface area is 42.5 Å². The lowest BCUT2D eigenvalue weighted by molar-refractivity contribution is -0.133. The summed E-state index contributed by atoms with van der Waals surface area (Å²) in [5, 5.41) is 0. The van der Waals surface area contributed by atoms with Crippen molar-refractivity contribution in [3.63, 3.8) is 0 Å². The molecule has 1 atom stereocenters. The summed E-state index contributed by atoms with van der Waals surface area (Å²) in [6.07, 6.45) is 0.593. The molecule has 0 saturated heterocycles. The maximum Gasteiger partial charge on any atom is 0.304 e. The zero-order chi connectivity index (χ0) is 5.86. The minimum Gasteiger partial charge on any atom is -0.261 e. The van der Waals surface area contributed by atoms with Crippen molar-refractivity contribution in [3.8, 4) is 0 Å². The van der Waals surface area contributed by atoms with Gasteiger partial charge in [0.1, 0.15) is 0 Å². The average molecular weight is 104 g/mol. The summed E-state index contributed by atoms with van der Waals surface area (Å²) in [6, 6.07) is -1.21. The molecule has 0 spiro atoms. The molecule has 0 rings (SSSR count). The van der Waals surface area contributed by atoms with Crippen LogP contribution in [0.5, 0.6) is 0 Å². The first-order valence-electron chi connectivity index (χ1n) is 2.37. The van der Waals surface area contributed by atoms with Crippen molar-refractivity contribution in [3.05, 3.63) is 0 Å². The summed E-state index contributed by atoms with van der Waals surface area (Å²) < 4.78 is 11.5. The largest absolute Gasteiger partial charge is 0.304 e. The molecule has 0 bridgehead atoms. The molecule has 0 aliphatic rings. The van der Waals surface area contributed by atoms with Crippen molar-refractivity contribution >= 4 is 6.04 Å². The minimum absolute atomic E-state index is 0.403. The maximum absolute atomic E-state index is 11.5.